The van der Waals surface area contributed by atoms with Crippen molar-refractivity contribution < 1.29 is 18.9 Å². The van der Waals surface area contributed by atoms with Gasteiger partial charge in [-0.25, -0.2) is 4.98 Å². The SMILES string of the molecule is COc1cccc(Cn2cc(Cc3ccccc3)c3nc(Nc4ccc(/C=C/C#N)cc4)nc(Oc4c(OC)cc(/C=C/C#N)cc4OC)c32)c1. The number of nitrogens with zero attached hydrogens (tertiary/aromatic N) is 5. The predicted octanol–water partition coefficient (Wildman–Crippen LogP) is 8.71. The smallest absolute Gasteiger partial charge is 0.249 e. The molecule has 0 aliphatic carbocycles. The third-order valence-electron chi connectivity index (χ3n) is 8.03. The minimum Gasteiger partial charge on any atom is -0.497 e. The Morgan fingerprint density at radius 3 is 2.10 bits per heavy atom. The van der Waals surface area contributed by atoms with Crippen LogP contribution in [0, 0.1) is 22.7 Å². The molecule has 0 atom stereocenters. The fraction of sp³-hybridized carbons (Fsp3) is 0.122. The lowest BCUT2D eigenvalue weighted by atomic mass is 10.1. The third-order valence-corrected chi connectivity index (χ3v) is 8.03. The van der Waals surface area contributed by atoms with Crippen LogP contribution in [0.2, 0.25) is 0 Å². The lowest BCUT2D eigenvalue weighted by molar-refractivity contribution is 0.343. The average Bonchev–Trinajstić information content (AvgIpc) is 3.50. The minimum atomic E-state index is 0.273. The molecule has 0 spiro atoms. The van der Waals surface area contributed by atoms with E-state index < -0.39 is 0 Å². The van der Waals surface area contributed by atoms with Gasteiger partial charge in [0, 0.05) is 42.6 Å². The molecule has 10 heteroatoms. The van der Waals surface area contributed by atoms with Gasteiger partial charge in [-0.1, -0.05) is 54.6 Å². The Morgan fingerprint density at radius 1 is 0.745 bits per heavy atom. The molecule has 4 aromatic carbocycles. The van der Waals surface area contributed by atoms with Gasteiger partial charge < -0.3 is 28.8 Å². The molecule has 2 aromatic heterocycles. The van der Waals surface area contributed by atoms with E-state index in [0.29, 0.717) is 52.8 Å². The van der Waals surface area contributed by atoms with E-state index in [1.807, 2.05) is 78.9 Å². The van der Waals surface area contributed by atoms with Gasteiger partial charge in [0.15, 0.2) is 11.5 Å². The first-order valence-corrected chi connectivity index (χ1v) is 16.0. The maximum absolute atomic E-state index is 9.10. The molecular weight excluding hydrogens is 640 g/mol. The zero-order valence-electron chi connectivity index (χ0n) is 28.3. The number of ether oxygens (including phenoxy) is 4. The van der Waals surface area contributed by atoms with Crippen molar-refractivity contribution in [3.63, 3.8) is 0 Å². The van der Waals surface area contributed by atoms with E-state index in [1.165, 1.54) is 12.2 Å². The average molecular weight is 675 g/mol. The predicted molar refractivity (Wildman–Crippen MR) is 198 cm³/mol. The monoisotopic (exact) mass is 674 g/mol. The standard InChI is InChI=1S/C41H34N6O4/c1-48-34-15-7-12-31(23-34)26-47-27-32(22-29-10-5-4-6-11-29)37-38(47)40(46-41(45-37)44-33-18-16-28(17-19-33)13-8-20-42)51-39-35(49-2)24-30(14-9-21-43)25-36(39)50-3/h4-19,23-25,27H,22,26H2,1-3H3,(H,44,45,46)/b13-8+,14-9+. The van der Waals surface area contributed by atoms with Gasteiger partial charge >= 0.3 is 0 Å². The van der Waals surface area contributed by atoms with E-state index in [1.54, 1.807) is 45.6 Å². The molecule has 1 N–H and O–H groups in total. The molecule has 2 heterocycles. The molecule has 6 rings (SSSR count). The van der Waals surface area contributed by atoms with Gasteiger partial charge in [0.1, 0.15) is 16.8 Å². The number of hydrogen-bond donors (Lipinski definition) is 1. The molecule has 252 valence electrons. The van der Waals surface area contributed by atoms with Gasteiger partial charge in [0.25, 0.3) is 0 Å². The van der Waals surface area contributed by atoms with Crippen LogP contribution in [0.4, 0.5) is 11.6 Å². The summed E-state index contributed by atoms with van der Waals surface area (Å²) in [6.07, 6.45) is 8.92. The second kappa shape index (κ2) is 15.9. The number of anilines is 2. The highest BCUT2D eigenvalue weighted by atomic mass is 16.5. The first-order chi connectivity index (χ1) is 25.0. The zero-order chi connectivity index (χ0) is 35.6. The van der Waals surface area contributed by atoms with Crippen molar-refractivity contribution >= 4 is 34.8 Å². The highest BCUT2D eigenvalue weighted by Gasteiger charge is 2.23. The largest absolute Gasteiger partial charge is 0.497 e. The van der Waals surface area contributed by atoms with Crippen LogP contribution in [0.15, 0.2) is 109 Å². The van der Waals surface area contributed by atoms with Crippen LogP contribution >= 0.6 is 0 Å². The van der Waals surface area contributed by atoms with Crippen molar-refractivity contribution in [2.45, 2.75) is 13.0 Å². The van der Waals surface area contributed by atoms with Crippen LogP contribution in [0.1, 0.15) is 27.8 Å². The third kappa shape index (κ3) is 7.99. The Labute approximate surface area is 296 Å². The van der Waals surface area contributed by atoms with Crippen molar-refractivity contribution in [1.82, 2.24) is 14.5 Å². The maximum atomic E-state index is 9.10. The maximum Gasteiger partial charge on any atom is 0.249 e. The van der Waals surface area contributed by atoms with Gasteiger partial charge in [0.2, 0.25) is 17.6 Å². The fourth-order valence-electron chi connectivity index (χ4n) is 5.66. The van der Waals surface area contributed by atoms with E-state index in [2.05, 4.69) is 28.2 Å². The molecule has 0 bridgehead atoms. The van der Waals surface area contributed by atoms with Crippen molar-refractivity contribution in [3.05, 3.63) is 137 Å². The van der Waals surface area contributed by atoms with Crippen molar-refractivity contribution in [3.8, 4) is 41.0 Å². The normalized spacial score (nSPS) is 11.0. The molecule has 0 saturated carbocycles. The summed E-state index contributed by atoms with van der Waals surface area (Å²) in [6.45, 7) is 0.485. The van der Waals surface area contributed by atoms with Crippen molar-refractivity contribution in [1.29, 1.82) is 10.5 Å². The summed E-state index contributed by atoms with van der Waals surface area (Å²) in [5, 5.41) is 21.4. The summed E-state index contributed by atoms with van der Waals surface area (Å²) >= 11 is 0. The number of aromatic nitrogens is 3. The van der Waals surface area contributed by atoms with Crippen molar-refractivity contribution in [2.75, 3.05) is 26.6 Å². The lowest BCUT2D eigenvalue weighted by Gasteiger charge is -2.17. The highest BCUT2D eigenvalue weighted by Crippen LogP contribution is 2.43. The summed E-state index contributed by atoms with van der Waals surface area (Å²) in [5.41, 5.74) is 6.82. The van der Waals surface area contributed by atoms with Crippen LogP contribution in [0.3, 0.4) is 0 Å². The molecule has 6 aromatic rings. The molecular formula is C41H34N6O4. The van der Waals surface area contributed by atoms with E-state index in [0.717, 1.165) is 33.7 Å². The fourth-order valence-corrected chi connectivity index (χ4v) is 5.66. The van der Waals surface area contributed by atoms with E-state index in [-0.39, 0.29) is 5.88 Å². The van der Waals surface area contributed by atoms with Gasteiger partial charge in [-0.2, -0.15) is 15.5 Å². The minimum absolute atomic E-state index is 0.273. The number of methoxy groups -OCH3 is 3. The van der Waals surface area contributed by atoms with Gasteiger partial charge in [-0.05, 0) is 70.8 Å². The van der Waals surface area contributed by atoms with Gasteiger partial charge in [0.05, 0.1) is 33.5 Å². The van der Waals surface area contributed by atoms with Gasteiger partial charge in [-0.3, -0.25) is 0 Å². The summed E-state index contributed by atoms with van der Waals surface area (Å²) in [5.74, 6) is 2.44. The molecule has 0 aliphatic rings. The van der Waals surface area contributed by atoms with Crippen LogP contribution in [0.5, 0.6) is 28.9 Å². The second-order valence-corrected chi connectivity index (χ2v) is 11.4. The summed E-state index contributed by atoms with van der Waals surface area (Å²) in [6, 6.07) is 33.2. The van der Waals surface area contributed by atoms with E-state index in [9.17, 15) is 0 Å². The first-order valence-electron chi connectivity index (χ1n) is 16.0. The number of rotatable bonds is 13. The number of nitriles is 2. The molecule has 0 radical (unpaired) electrons. The number of allylic oxidation sites excluding steroid dienone is 2. The number of nitrogens with one attached hydrogen (secondary N) is 1. The van der Waals surface area contributed by atoms with E-state index in [4.69, 9.17) is 39.4 Å². The Bertz CT molecular complexity index is 2270. The Morgan fingerprint density at radius 2 is 1.43 bits per heavy atom. The second-order valence-electron chi connectivity index (χ2n) is 11.4. The van der Waals surface area contributed by atoms with Crippen LogP contribution in [-0.2, 0) is 13.0 Å². The number of benzene rings is 4. The number of fused-ring (bicyclic) bond motifs is 1. The molecule has 0 saturated heterocycles. The van der Waals surface area contributed by atoms with Gasteiger partial charge in [-0.15, -0.1) is 0 Å². The van der Waals surface area contributed by atoms with Crippen LogP contribution < -0.4 is 24.3 Å². The molecule has 10 nitrogen and oxygen atoms in total. The molecule has 0 aliphatic heterocycles. The van der Waals surface area contributed by atoms with E-state index >= 15 is 0 Å². The molecule has 0 fully saturated rings. The quantitative estimate of drug-likeness (QED) is 0.120. The molecule has 0 unspecified atom stereocenters. The lowest BCUT2D eigenvalue weighted by Crippen LogP contribution is -2.05. The highest BCUT2D eigenvalue weighted by molar-refractivity contribution is 5.87. The molecule has 51 heavy (non-hydrogen) atoms. The summed E-state index contributed by atoms with van der Waals surface area (Å²) in [7, 11) is 4.73. The molecule has 0 amide bonds. The Hall–Kier alpha value is -7.04. The Balaban J connectivity index is 1.54. The number of hydrogen-bond acceptors (Lipinski definition) is 9. The first kappa shape index (κ1) is 33.8. The summed E-state index contributed by atoms with van der Waals surface area (Å²) in [4.78, 5) is 9.99. The topological polar surface area (TPSA) is 127 Å². The van der Waals surface area contributed by atoms with Crippen molar-refractivity contribution in [2.24, 2.45) is 0 Å². The summed E-state index contributed by atoms with van der Waals surface area (Å²) < 4.78 is 25.8. The Kier molecular flexibility index (Phi) is 10.6. The van der Waals surface area contributed by atoms with Crippen LogP contribution in [-0.4, -0.2) is 35.9 Å². The van der Waals surface area contributed by atoms with Crippen LogP contribution in [0.25, 0.3) is 23.2 Å². The zero-order valence-corrected chi connectivity index (χ0v) is 28.3.